The van der Waals surface area contributed by atoms with Crippen LogP contribution in [0.25, 0.3) is 11.3 Å². The minimum absolute atomic E-state index is 0.555. The highest BCUT2D eigenvalue weighted by atomic mass is 79.9. The summed E-state index contributed by atoms with van der Waals surface area (Å²) in [5.74, 6) is 0.819. The zero-order valence-electron chi connectivity index (χ0n) is 11.8. The van der Waals surface area contributed by atoms with Crippen molar-refractivity contribution in [1.29, 1.82) is 0 Å². The molecule has 2 rings (SSSR count). The van der Waals surface area contributed by atoms with Crippen LogP contribution in [0, 0.1) is 4.64 Å². The molecule has 0 saturated carbocycles. The Hall–Kier alpha value is -1.08. The third kappa shape index (κ3) is 4.71. The summed E-state index contributed by atoms with van der Waals surface area (Å²) < 4.78 is 11.8. The molecule has 0 aliphatic carbocycles. The Balaban J connectivity index is 2.14. The molecule has 1 heterocycles. The van der Waals surface area contributed by atoms with Crippen LogP contribution in [0.1, 0.15) is 5.82 Å². The van der Waals surface area contributed by atoms with Crippen LogP contribution in [0.5, 0.6) is 0 Å². The monoisotopic (exact) mass is 368 g/mol. The largest absolute Gasteiger partial charge is 0.382 e. The quantitative estimate of drug-likeness (QED) is 0.596. The Morgan fingerprint density at radius 2 is 1.95 bits per heavy atom. The van der Waals surface area contributed by atoms with Crippen LogP contribution in [-0.4, -0.2) is 36.9 Å². The molecule has 0 aliphatic heterocycles. The number of halogens is 1. The van der Waals surface area contributed by atoms with E-state index < -0.39 is 0 Å². The number of hydrogen-bond acceptors (Lipinski definition) is 4. The molecule has 0 bridgehead atoms. The Kier molecular flexibility index (Phi) is 6.50. The fourth-order valence-corrected chi connectivity index (χ4v) is 2.47. The van der Waals surface area contributed by atoms with Gasteiger partial charge in [-0.15, -0.1) is 0 Å². The van der Waals surface area contributed by atoms with E-state index in [1.807, 2.05) is 30.3 Å². The molecule has 1 aromatic heterocycles. The highest BCUT2D eigenvalue weighted by molar-refractivity contribution is 9.10. The predicted octanol–water partition coefficient (Wildman–Crippen LogP) is 3.77. The second kappa shape index (κ2) is 8.38. The molecule has 0 radical (unpaired) electrons. The van der Waals surface area contributed by atoms with Crippen molar-refractivity contribution in [2.75, 3.05) is 26.9 Å². The molecular formula is C15H17BrN2O2S. The van der Waals surface area contributed by atoms with Crippen molar-refractivity contribution in [1.82, 2.24) is 9.97 Å². The number of hydrogen-bond donors (Lipinski definition) is 1. The predicted molar refractivity (Wildman–Crippen MR) is 89.0 cm³/mol. The van der Waals surface area contributed by atoms with Crippen LogP contribution in [0.2, 0.25) is 0 Å². The second-order valence-electron chi connectivity index (χ2n) is 4.40. The molecule has 112 valence electrons. The lowest BCUT2D eigenvalue weighted by Gasteiger charge is -2.09. The average molecular weight is 369 g/mol. The van der Waals surface area contributed by atoms with Crippen LogP contribution in [-0.2, 0) is 15.9 Å². The first kappa shape index (κ1) is 16.3. The first-order valence-electron chi connectivity index (χ1n) is 6.63. The van der Waals surface area contributed by atoms with Crippen molar-refractivity contribution in [2.24, 2.45) is 0 Å². The fourth-order valence-electron chi connectivity index (χ4n) is 1.84. The summed E-state index contributed by atoms with van der Waals surface area (Å²) in [4.78, 5) is 7.70. The van der Waals surface area contributed by atoms with E-state index in [2.05, 4.69) is 25.9 Å². The minimum atomic E-state index is 0.555. The second-order valence-corrected chi connectivity index (χ2v) is 5.58. The normalized spacial score (nSPS) is 10.8. The van der Waals surface area contributed by atoms with E-state index in [0.29, 0.717) is 30.9 Å². The molecule has 4 nitrogen and oxygen atoms in total. The third-order valence-electron chi connectivity index (χ3n) is 2.89. The zero-order chi connectivity index (χ0) is 15.1. The number of methoxy groups -OCH3 is 1. The van der Waals surface area contributed by atoms with Gasteiger partial charge in [0.2, 0.25) is 0 Å². The van der Waals surface area contributed by atoms with E-state index in [-0.39, 0.29) is 0 Å². The lowest BCUT2D eigenvalue weighted by atomic mass is 10.1. The molecule has 0 atom stereocenters. The van der Waals surface area contributed by atoms with Crippen molar-refractivity contribution >= 4 is 28.1 Å². The molecule has 0 spiro atoms. The van der Waals surface area contributed by atoms with Gasteiger partial charge in [0.25, 0.3) is 0 Å². The topological polar surface area (TPSA) is 47.1 Å². The van der Waals surface area contributed by atoms with Gasteiger partial charge in [-0.1, -0.05) is 42.5 Å². The highest BCUT2D eigenvalue weighted by Gasteiger charge is 2.08. The van der Waals surface area contributed by atoms with E-state index in [0.717, 1.165) is 21.6 Å². The van der Waals surface area contributed by atoms with Crippen molar-refractivity contribution < 1.29 is 9.47 Å². The van der Waals surface area contributed by atoms with Crippen molar-refractivity contribution in [3.63, 3.8) is 0 Å². The number of nitrogens with zero attached hydrogens (tertiary/aromatic N) is 1. The van der Waals surface area contributed by atoms with Crippen molar-refractivity contribution in [3.05, 3.63) is 45.3 Å². The fraction of sp³-hybridized carbons (Fsp3) is 0.333. The van der Waals surface area contributed by atoms with Crippen molar-refractivity contribution in [2.45, 2.75) is 6.42 Å². The minimum Gasteiger partial charge on any atom is -0.382 e. The summed E-state index contributed by atoms with van der Waals surface area (Å²) in [6.07, 6.45) is 0.681. The maximum atomic E-state index is 5.46. The highest BCUT2D eigenvalue weighted by Crippen LogP contribution is 2.26. The number of aromatic amines is 1. The first-order valence-corrected chi connectivity index (χ1v) is 7.83. The molecule has 1 aromatic carbocycles. The van der Waals surface area contributed by atoms with E-state index in [9.17, 15) is 0 Å². The summed E-state index contributed by atoms with van der Waals surface area (Å²) >= 11 is 8.82. The van der Waals surface area contributed by atoms with Gasteiger partial charge in [-0.2, -0.15) is 0 Å². The standard InChI is InChI=1S/C15H17BrN2O2S/c1-19-9-10-20-8-7-12-17-14(13(16)15(21)18-12)11-5-3-2-4-6-11/h2-6H,7-10H2,1H3,(H,17,18,21). The smallest absolute Gasteiger partial charge is 0.144 e. The van der Waals surface area contributed by atoms with Crippen LogP contribution < -0.4 is 0 Å². The zero-order valence-corrected chi connectivity index (χ0v) is 14.2. The van der Waals surface area contributed by atoms with Gasteiger partial charge >= 0.3 is 0 Å². The van der Waals surface area contributed by atoms with E-state index in [1.165, 1.54) is 0 Å². The van der Waals surface area contributed by atoms with Gasteiger partial charge in [0.15, 0.2) is 0 Å². The van der Waals surface area contributed by atoms with Gasteiger partial charge in [-0.05, 0) is 21.5 Å². The summed E-state index contributed by atoms with van der Waals surface area (Å²) in [5.41, 5.74) is 2.02. The number of ether oxygens (including phenoxy) is 2. The Morgan fingerprint density at radius 1 is 1.19 bits per heavy atom. The number of nitrogens with one attached hydrogen (secondary N) is 1. The Morgan fingerprint density at radius 3 is 2.67 bits per heavy atom. The van der Waals surface area contributed by atoms with Crippen LogP contribution in [0.4, 0.5) is 0 Å². The third-order valence-corrected chi connectivity index (χ3v) is 4.22. The Bertz CT molecular complexity index is 631. The molecule has 21 heavy (non-hydrogen) atoms. The average Bonchev–Trinajstić information content (AvgIpc) is 2.51. The van der Waals surface area contributed by atoms with Crippen LogP contribution in [0.3, 0.4) is 0 Å². The van der Waals surface area contributed by atoms with Gasteiger partial charge < -0.3 is 14.5 Å². The van der Waals surface area contributed by atoms with E-state index in [1.54, 1.807) is 7.11 Å². The lowest BCUT2D eigenvalue weighted by molar-refractivity contribution is 0.0716. The van der Waals surface area contributed by atoms with Crippen LogP contribution >= 0.6 is 28.1 Å². The van der Waals surface area contributed by atoms with Gasteiger partial charge in [-0.25, -0.2) is 4.98 Å². The lowest BCUT2D eigenvalue weighted by Crippen LogP contribution is -2.08. The van der Waals surface area contributed by atoms with Gasteiger partial charge in [0.1, 0.15) is 10.5 Å². The molecule has 0 amide bonds. The molecule has 6 heteroatoms. The molecule has 0 aliphatic rings. The van der Waals surface area contributed by atoms with Gasteiger partial charge in [0.05, 0.1) is 30.0 Å². The van der Waals surface area contributed by atoms with E-state index >= 15 is 0 Å². The number of benzene rings is 1. The Labute approximate surface area is 137 Å². The molecule has 0 fully saturated rings. The van der Waals surface area contributed by atoms with Gasteiger partial charge in [0, 0.05) is 13.5 Å². The number of rotatable bonds is 7. The molecule has 2 aromatic rings. The van der Waals surface area contributed by atoms with Crippen molar-refractivity contribution in [3.8, 4) is 11.3 Å². The first-order chi connectivity index (χ1) is 10.2. The van der Waals surface area contributed by atoms with Crippen LogP contribution in [0.15, 0.2) is 34.8 Å². The summed E-state index contributed by atoms with van der Waals surface area (Å²) in [5, 5.41) is 0. The summed E-state index contributed by atoms with van der Waals surface area (Å²) in [7, 11) is 1.66. The number of H-pyrrole nitrogens is 1. The molecule has 0 saturated heterocycles. The van der Waals surface area contributed by atoms with Gasteiger partial charge in [-0.3, -0.25) is 0 Å². The summed E-state index contributed by atoms with van der Waals surface area (Å²) in [6.45, 7) is 1.76. The molecule has 1 N–H and O–H groups in total. The van der Waals surface area contributed by atoms with E-state index in [4.69, 9.17) is 21.7 Å². The maximum absolute atomic E-state index is 5.46. The SMILES string of the molecule is COCCOCCc1nc(=S)c(Br)c(-c2ccccc2)[nH]1. The summed E-state index contributed by atoms with van der Waals surface area (Å²) in [6, 6.07) is 10.0. The number of aromatic nitrogens is 2. The molecular weight excluding hydrogens is 352 g/mol. The molecule has 0 unspecified atom stereocenters. The maximum Gasteiger partial charge on any atom is 0.144 e.